The molecule has 3 aliphatic carbocycles. The van der Waals surface area contributed by atoms with Crippen LogP contribution in [0.2, 0.25) is 0 Å². The summed E-state index contributed by atoms with van der Waals surface area (Å²) in [6.07, 6.45) is 6.94. The molecule has 0 aliphatic heterocycles. The third-order valence-corrected chi connectivity index (χ3v) is 6.96. The maximum absolute atomic E-state index is 10.4. The third-order valence-electron chi connectivity index (χ3n) is 6.75. The smallest absolute Gasteiger partial charge is 0.137 e. The van der Waals surface area contributed by atoms with Crippen LogP contribution in [0.15, 0.2) is 18.2 Å². The Morgan fingerprint density at radius 3 is 2.90 bits per heavy atom. The average Bonchev–Trinajstić information content (AvgIpc) is 2.82. The monoisotopic (exact) mass is 304 g/mol. The second kappa shape index (κ2) is 4.92. The summed E-state index contributed by atoms with van der Waals surface area (Å²) in [4.78, 5) is 0. The van der Waals surface area contributed by atoms with E-state index in [4.69, 9.17) is 4.18 Å². The van der Waals surface area contributed by atoms with Gasteiger partial charge in [-0.3, -0.25) is 0 Å². The van der Waals surface area contributed by atoms with Crippen molar-refractivity contribution in [3.63, 3.8) is 0 Å². The van der Waals surface area contributed by atoms with Crippen LogP contribution < -0.4 is 4.18 Å². The molecule has 1 N–H and O–H groups in total. The van der Waals surface area contributed by atoms with Gasteiger partial charge in [-0.25, -0.2) is 0 Å². The number of aryl methyl sites for hydroxylation is 1. The second-order valence-corrected chi connectivity index (χ2v) is 7.69. The molecule has 2 fully saturated rings. The molecule has 0 aromatic heterocycles. The van der Waals surface area contributed by atoms with Crippen LogP contribution in [0.25, 0.3) is 0 Å². The number of rotatable bonds is 1. The van der Waals surface area contributed by atoms with Crippen molar-refractivity contribution in [3.8, 4) is 5.75 Å². The summed E-state index contributed by atoms with van der Waals surface area (Å²) >= 11 is 3.91. The summed E-state index contributed by atoms with van der Waals surface area (Å²) < 4.78 is 5.08. The highest BCUT2D eigenvalue weighted by molar-refractivity contribution is 7.75. The van der Waals surface area contributed by atoms with Crippen molar-refractivity contribution < 1.29 is 9.29 Å². The Balaban J connectivity index is 1.68. The molecule has 4 rings (SSSR count). The number of thiol groups is 1. The van der Waals surface area contributed by atoms with Crippen molar-refractivity contribution in [2.24, 2.45) is 17.3 Å². The van der Waals surface area contributed by atoms with Gasteiger partial charge in [-0.1, -0.05) is 13.0 Å². The van der Waals surface area contributed by atoms with Crippen molar-refractivity contribution in [3.05, 3.63) is 29.3 Å². The van der Waals surface area contributed by atoms with Crippen LogP contribution in [-0.2, 0) is 6.42 Å². The molecule has 3 heteroatoms. The highest BCUT2D eigenvalue weighted by atomic mass is 32.1. The van der Waals surface area contributed by atoms with Crippen molar-refractivity contribution >= 4 is 12.9 Å². The summed E-state index contributed by atoms with van der Waals surface area (Å²) in [5.74, 6) is 3.01. The number of hydrogen-bond donors (Lipinski definition) is 2. The van der Waals surface area contributed by atoms with Crippen LogP contribution in [0.3, 0.4) is 0 Å². The largest absolute Gasteiger partial charge is 0.429 e. The minimum absolute atomic E-state index is 0.0789. The van der Waals surface area contributed by atoms with Crippen molar-refractivity contribution in [1.29, 1.82) is 0 Å². The zero-order chi connectivity index (χ0) is 14.6. The number of benzene rings is 1. The van der Waals surface area contributed by atoms with E-state index in [-0.39, 0.29) is 11.5 Å². The van der Waals surface area contributed by atoms with Gasteiger partial charge >= 0.3 is 0 Å². The molecule has 0 bridgehead atoms. The number of fused-ring (bicyclic) bond motifs is 5. The molecular formula is C18H24O2S. The maximum atomic E-state index is 10.4. The molecule has 1 aromatic carbocycles. The number of aliphatic hydroxyl groups is 1. The molecule has 0 heterocycles. The molecule has 2 saturated carbocycles. The van der Waals surface area contributed by atoms with Crippen LogP contribution in [0.4, 0.5) is 0 Å². The first-order chi connectivity index (χ1) is 10.1. The molecule has 1 aromatic rings. The summed E-state index contributed by atoms with van der Waals surface area (Å²) in [5.41, 5.74) is 3.15. The number of aliphatic hydroxyl groups excluding tert-OH is 1. The van der Waals surface area contributed by atoms with Crippen molar-refractivity contribution in [2.45, 2.75) is 57.5 Å². The van der Waals surface area contributed by atoms with E-state index in [0.717, 1.165) is 24.5 Å². The van der Waals surface area contributed by atoms with Gasteiger partial charge in [-0.05, 0) is 85.0 Å². The van der Waals surface area contributed by atoms with Crippen LogP contribution in [0.5, 0.6) is 5.75 Å². The lowest BCUT2D eigenvalue weighted by Crippen LogP contribution is -2.43. The van der Waals surface area contributed by atoms with E-state index in [9.17, 15) is 5.11 Å². The molecule has 0 saturated heterocycles. The standard InChI is InChI=1S/C18H24O2S/c1-18-9-8-14-13-5-3-12(20-21)10-11(13)2-4-15(14)16(18)6-7-17(18)19/h3,5,10,14-17,19,21H,2,4,6-9H2,1H3/t14-,15-,16+,17+,18+/m1/s1. The molecule has 5 atom stereocenters. The zero-order valence-electron chi connectivity index (χ0n) is 12.6. The van der Waals surface area contributed by atoms with Crippen LogP contribution in [0.1, 0.15) is 56.1 Å². The van der Waals surface area contributed by atoms with Crippen molar-refractivity contribution in [1.82, 2.24) is 0 Å². The molecule has 21 heavy (non-hydrogen) atoms. The molecule has 114 valence electrons. The number of hydrogen-bond acceptors (Lipinski definition) is 3. The van der Waals surface area contributed by atoms with E-state index >= 15 is 0 Å². The first-order valence-corrected chi connectivity index (χ1v) is 8.62. The second-order valence-electron chi connectivity index (χ2n) is 7.51. The van der Waals surface area contributed by atoms with Crippen LogP contribution >= 0.6 is 12.9 Å². The normalized spacial score (nSPS) is 41.1. The Hall–Kier alpha value is -0.670. The molecule has 3 aliphatic rings. The molecular weight excluding hydrogens is 280 g/mol. The van der Waals surface area contributed by atoms with E-state index in [2.05, 4.69) is 32.0 Å². The summed E-state index contributed by atoms with van der Waals surface area (Å²) in [7, 11) is 0. The fourth-order valence-corrected chi connectivity index (χ4v) is 5.70. The molecule has 0 unspecified atom stereocenters. The predicted molar refractivity (Wildman–Crippen MR) is 86.7 cm³/mol. The molecule has 0 amide bonds. The van der Waals surface area contributed by atoms with E-state index in [1.54, 1.807) is 0 Å². The van der Waals surface area contributed by atoms with Gasteiger partial charge in [-0.15, -0.1) is 0 Å². The highest BCUT2D eigenvalue weighted by Crippen LogP contribution is 2.60. The van der Waals surface area contributed by atoms with Gasteiger partial charge in [0.25, 0.3) is 0 Å². The Labute approximate surface area is 132 Å². The topological polar surface area (TPSA) is 29.5 Å². The van der Waals surface area contributed by atoms with Crippen molar-refractivity contribution in [2.75, 3.05) is 0 Å². The van der Waals surface area contributed by atoms with E-state index in [1.165, 1.54) is 36.8 Å². The molecule has 2 nitrogen and oxygen atoms in total. The van der Waals surface area contributed by atoms with Gasteiger partial charge in [0.05, 0.1) is 6.10 Å². The lowest BCUT2D eigenvalue weighted by molar-refractivity contribution is -0.0226. The summed E-state index contributed by atoms with van der Waals surface area (Å²) in [6, 6.07) is 6.47. The summed E-state index contributed by atoms with van der Waals surface area (Å²) in [6.45, 7) is 2.33. The minimum Gasteiger partial charge on any atom is -0.429 e. The Morgan fingerprint density at radius 1 is 1.24 bits per heavy atom. The maximum Gasteiger partial charge on any atom is 0.137 e. The molecule has 0 radical (unpaired) electrons. The quantitative estimate of drug-likeness (QED) is 0.603. The van der Waals surface area contributed by atoms with Gasteiger partial charge in [0.1, 0.15) is 5.75 Å². The summed E-state index contributed by atoms with van der Waals surface area (Å²) in [5, 5.41) is 10.4. The minimum atomic E-state index is -0.0789. The van der Waals surface area contributed by atoms with Crippen LogP contribution in [-0.4, -0.2) is 11.2 Å². The predicted octanol–water partition coefficient (Wildman–Crippen LogP) is 4.13. The van der Waals surface area contributed by atoms with Gasteiger partial charge in [-0.2, -0.15) is 0 Å². The van der Waals surface area contributed by atoms with E-state index in [0.29, 0.717) is 11.8 Å². The van der Waals surface area contributed by atoms with E-state index < -0.39 is 0 Å². The average molecular weight is 304 g/mol. The Bertz CT molecular complexity index is 558. The fraction of sp³-hybridized carbons (Fsp3) is 0.667. The van der Waals surface area contributed by atoms with Gasteiger partial charge < -0.3 is 9.29 Å². The van der Waals surface area contributed by atoms with Gasteiger partial charge in [0.2, 0.25) is 0 Å². The third kappa shape index (κ3) is 1.97. The first-order valence-electron chi connectivity index (χ1n) is 8.26. The highest BCUT2D eigenvalue weighted by Gasteiger charge is 2.54. The molecule has 0 spiro atoms. The van der Waals surface area contributed by atoms with Gasteiger partial charge in [0, 0.05) is 12.9 Å². The Kier molecular flexibility index (Phi) is 3.27. The lowest BCUT2D eigenvalue weighted by atomic mass is 9.55. The van der Waals surface area contributed by atoms with Gasteiger partial charge in [0.15, 0.2) is 0 Å². The first kappa shape index (κ1) is 14.0. The lowest BCUT2D eigenvalue weighted by Gasteiger charge is -2.50. The van der Waals surface area contributed by atoms with Crippen LogP contribution in [0, 0.1) is 17.3 Å². The fourth-order valence-electron chi connectivity index (χ4n) is 5.59. The zero-order valence-corrected chi connectivity index (χ0v) is 13.5. The SMILES string of the molecule is C[C@]12CC[C@@H]3c4ccc(OS)cc4CC[C@H]3[C@@H]1CC[C@@H]2O. The van der Waals surface area contributed by atoms with E-state index in [1.807, 2.05) is 6.07 Å². The Morgan fingerprint density at radius 2 is 2.10 bits per heavy atom.